The molecule has 0 aliphatic heterocycles. The lowest BCUT2D eigenvalue weighted by Crippen LogP contribution is -2.24. The first-order chi connectivity index (χ1) is 9.54. The molecule has 0 saturated heterocycles. The molecule has 1 saturated carbocycles. The molecule has 1 aliphatic rings. The van der Waals surface area contributed by atoms with E-state index in [2.05, 4.69) is 36.5 Å². The van der Waals surface area contributed by atoms with E-state index in [0.29, 0.717) is 12.6 Å². The predicted molar refractivity (Wildman–Crippen MR) is 83.6 cm³/mol. The number of anilines is 1. The molecule has 3 heteroatoms. The molecule has 0 radical (unpaired) electrons. The van der Waals surface area contributed by atoms with Crippen molar-refractivity contribution in [2.75, 3.05) is 12.4 Å². The van der Waals surface area contributed by atoms with E-state index >= 15 is 0 Å². The van der Waals surface area contributed by atoms with Crippen molar-refractivity contribution >= 4 is 11.6 Å². The van der Waals surface area contributed by atoms with Gasteiger partial charge in [0.15, 0.2) is 0 Å². The van der Waals surface area contributed by atoms with Crippen LogP contribution in [0.15, 0.2) is 24.3 Å². The van der Waals surface area contributed by atoms with Gasteiger partial charge in [0.25, 0.3) is 0 Å². The van der Waals surface area contributed by atoms with Gasteiger partial charge in [-0.15, -0.1) is 0 Å². The number of hydrogen-bond acceptors (Lipinski definition) is 2. The molecule has 0 bridgehead atoms. The Morgan fingerprint density at radius 3 is 2.80 bits per heavy atom. The molecule has 1 amide bonds. The van der Waals surface area contributed by atoms with Gasteiger partial charge in [-0.25, -0.2) is 0 Å². The fourth-order valence-electron chi connectivity index (χ4n) is 2.72. The van der Waals surface area contributed by atoms with Crippen molar-refractivity contribution in [2.45, 2.75) is 52.1 Å². The minimum Gasteiger partial charge on any atom is -0.383 e. The summed E-state index contributed by atoms with van der Waals surface area (Å²) in [5, 5.41) is 3.58. The Bertz CT molecular complexity index is 454. The zero-order chi connectivity index (χ0) is 14.5. The summed E-state index contributed by atoms with van der Waals surface area (Å²) in [4.78, 5) is 13.0. The summed E-state index contributed by atoms with van der Waals surface area (Å²) >= 11 is 0. The largest absolute Gasteiger partial charge is 0.383 e. The Labute approximate surface area is 122 Å². The fourth-order valence-corrected chi connectivity index (χ4v) is 2.72. The topological polar surface area (TPSA) is 32.3 Å². The Morgan fingerprint density at radius 1 is 1.45 bits per heavy atom. The van der Waals surface area contributed by atoms with Gasteiger partial charge in [-0.1, -0.05) is 31.4 Å². The Kier molecular flexibility index (Phi) is 5.05. The molecule has 110 valence electrons. The van der Waals surface area contributed by atoms with Gasteiger partial charge in [-0.2, -0.15) is 0 Å². The van der Waals surface area contributed by atoms with Gasteiger partial charge >= 0.3 is 0 Å². The van der Waals surface area contributed by atoms with Crippen molar-refractivity contribution in [3.05, 3.63) is 29.8 Å². The molecule has 1 aliphatic carbocycles. The maximum Gasteiger partial charge on any atom is 0.219 e. The van der Waals surface area contributed by atoms with Crippen LogP contribution in [0.5, 0.6) is 0 Å². The molecule has 1 unspecified atom stereocenters. The summed E-state index contributed by atoms with van der Waals surface area (Å²) in [5.74, 6) is 1.02. The van der Waals surface area contributed by atoms with Gasteiger partial charge in [-0.3, -0.25) is 4.79 Å². The van der Waals surface area contributed by atoms with Gasteiger partial charge in [0.05, 0.1) is 0 Å². The van der Waals surface area contributed by atoms with Gasteiger partial charge < -0.3 is 10.2 Å². The smallest absolute Gasteiger partial charge is 0.219 e. The standard InChI is InChI=1S/C17H26N2O/c1-13(10-15-6-4-7-15)18-17-9-5-8-16(11-17)12-19(3)14(2)20/h5,8-9,11,13,15,18H,4,6-7,10,12H2,1-3H3. The van der Waals surface area contributed by atoms with Crippen LogP contribution in [0, 0.1) is 5.92 Å². The van der Waals surface area contributed by atoms with Gasteiger partial charge in [0.1, 0.15) is 0 Å². The number of benzene rings is 1. The first-order valence-corrected chi connectivity index (χ1v) is 7.62. The molecule has 0 heterocycles. The van der Waals surface area contributed by atoms with Crippen LogP contribution >= 0.6 is 0 Å². The van der Waals surface area contributed by atoms with E-state index < -0.39 is 0 Å². The molecule has 3 nitrogen and oxygen atoms in total. The highest BCUT2D eigenvalue weighted by atomic mass is 16.2. The van der Waals surface area contributed by atoms with Crippen molar-refractivity contribution < 1.29 is 4.79 Å². The molecule has 1 aromatic rings. The lowest BCUT2D eigenvalue weighted by atomic mass is 9.81. The molecular weight excluding hydrogens is 248 g/mol. The van der Waals surface area contributed by atoms with E-state index in [1.807, 2.05) is 7.05 Å². The van der Waals surface area contributed by atoms with Crippen LogP contribution < -0.4 is 5.32 Å². The number of rotatable bonds is 6. The molecular formula is C17H26N2O. The second kappa shape index (κ2) is 6.78. The van der Waals surface area contributed by atoms with E-state index in [1.54, 1.807) is 11.8 Å². The summed E-state index contributed by atoms with van der Waals surface area (Å²) < 4.78 is 0. The quantitative estimate of drug-likeness (QED) is 0.858. The van der Waals surface area contributed by atoms with Crippen LogP contribution in [-0.2, 0) is 11.3 Å². The van der Waals surface area contributed by atoms with E-state index in [4.69, 9.17) is 0 Å². The normalized spacial score (nSPS) is 16.4. The predicted octanol–water partition coefficient (Wildman–Crippen LogP) is 3.66. The summed E-state index contributed by atoms with van der Waals surface area (Å²) in [7, 11) is 1.83. The van der Waals surface area contributed by atoms with Crippen LogP contribution in [0.1, 0.15) is 45.1 Å². The number of hydrogen-bond donors (Lipinski definition) is 1. The van der Waals surface area contributed by atoms with E-state index in [0.717, 1.165) is 11.6 Å². The monoisotopic (exact) mass is 274 g/mol. The van der Waals surface area contributed by atoms with Crippen molar-refractivity contribution in [1.29, 1.82) is 0 Å². The van der Waals surface area contributed by atoms with Gasteiger partial charge in [0.2, 0.25) is 5.91 Å². The minimum absolute atomic E-state index is 0.0988. The second-order valence-electron chi connectivity index (χ2n) is 6.15. The number of nitrogens with zero attached hydrogens (tertiary/aromatic N) is 1. The van der Waals surface area contributed by atoms with Gasteiger partial charge in [-0.05, 0) is 37.0 Å². The van der Waals surface area contributed by atoms with Crippen LogP contribution in [0.25, 0.3) is 0 Å². The molecule has 0 aromatic heterocycles. The lowest BCUT2D eigenvalue weighted by molar-refractivity contribution is -0.128. The zero-order valence-corrected chi connectivity index (χ0v) is 12.9. The average molecular weight is 274 g/mol. The lowest BCUT2D eigenvalue weighted by Gasteiger charge is -2.29. The highest BCUT2D eigenvalue weighted by molar-refractivity contribution is 5.72. The molecule has 2 rings (SSSR count). The van der Waals surface area contributed by atoms with Crippen LogP contribution in [0.3, 0.4) is 0 Å². The van der Waals surface area contributed by atoms with Crippen molar-refractivity contribution in [3.8, 4) is 0 Å². The van der Waals surface area contributed by atoms with Crippen molar-refractivity contribution in [3.63, 3.8) is 0 Å². The highest BCUT2D eigenvalue weighted by Gasteiger charge is 2.19. The molecule has 1 fully saturated rings. The second-order valence-corrected chi connectivity index (χ2v) is 6.15. The third-order valence-corrected chi connectivity index (χ3v) is 4.21. The summed E-state index contributed by atoms with van der Waals surface area (Å²) in [6.07, 6.45) is 5.47. The number of carbonyl (C=O) groups is 1. The van der Waals surface area contributed by atoms with Crippen LogP contribution in [0.4, 0.5) is 5.69 Å². The molecule has 20 heavy (non-hydrogen) atoms. The summed E-state index contributed by atoms with van der Waals surface area (Å²) in [6, 6.07) is 8.90. The van der Waals surface area contributed by atoms with Crippen molar-refractivity contribution in [1.82, 2.24) is 4.90 Å². The van der Waals surface area contributed by atoms with Crippen LogP contribution in [0.2, 0.25) is 0 Å². The average Bonchev–Trinajstić information content (AvgIpc) is 2.34. The SMILES string of the molecule is CC(=O)N(C)Cc1cccc(NC(C)CC2CCC2)c1. The Balaban J connectivity index is 1.89. The third kappa shape index (κ3) is 4.26. The molecule has 1 N–H and O–H groups in total. The maximum atomic E-state index is 11.3. The summed E-state index contributed by atoms with van der Waals surface area (Å²) in [5.41, 5.74) is 2.33. The van der Waals surface area contributed by atoms with Crippen molar-refractivity contribution in [2.24, 2.45) is 5.92 Å². The Hall–Kier alpha value is -1.51. The van der Waals surface area contributed by atoms with Crippen LogP contribution in [-0.4, -0.2) is 23.9 Å². The first-order valence-electron chi connectivity index (χ1n) is 7.62. The fraction of sp³-hybridized carbons (Fsp3) is 0.588. The minimum atomic E-state index is 0.0988. The first kappa shape index (κ1) is 14.9. The number of nitrogens with one attached hydrogen (secondary N) is 1. The maximum absolute atomic E-state index is 11.3. The number of carbonyl (C=O) groups excluding carboxylic acids is 1. The van der Waals surface area contributed by atoms with E-state index in [1.165, 1.54) is 31.2 Å². The van der Waals surface area contributed by atoms with E-state index in [9.17, 15) is 4.79 Å². The molecule has 0 spiro atoms. The van der Waals surface area contributed by atoms with Gasteiger partial charge in [0, 0.05) is 32.2 Å². The third-order valence-electron chi connectivity index (χ3n) is 4.21. The zero-order valence-electron chi connectivity index (χ0n) is 12.9. The highest BCUT2D eigenvalue weighted by Crippen LogP contribution is 2.31. The Morgan fingerprint density at radius 2 is 2.20 bits per heavy atom. The number of amides is 1. The van der Waals surface area contributed by atoms with E-state index in [-0.39, 0.29) is 5.91 Å². The molecule has 1 atom stereocenters. The molecule has 1 aromatic carbocycles. The summed E-state index contributed by atoms with van der Waals surface area (Å²) in [6.45, 7) is 4.53.